The van der Waals surface area contributed by atoms with Gasteiger partial charge in [-0.05, 0) is 31.6 Å². The monoisotopic (exact) mass is 193 g/mol. The average molecular weight is 193 g/mol. The topological polar surface area (TPSA) is 33.0 Å². The van der Waals surface area contributed by atoms with E-state index in [4.69, 9.17) is 10.00 Å². The molecule has 0 radical (unpaired) electrons. The number of nitrogens with zero attached hydrogens (tertiary/aromatic N) is 1. The zero-order chi connectivity index (χ0) is 10.0. The molecule has 0 aromatic rings. The highest BCUT2D eigenvalue weighted by Gasteiger charge is 2.44. The molecule has 2 heteroatoms. The largest absolute Gasteiger partial charge is 0.376 e. The zero-order valence-electron chi connectivity index (χ0n) is 8.96. The first kappa shape index (κ1) is 9.98. The van der Waals surface area contributed by atoms with Gasteiger partial charge in [0.05, 0.1) is 24.2 Å². The van der Waals surface area contributed by atoms with E-state index in [0.717, 1.165) is 12.8 Å². The molecule has 0 heterocycles. The Kier molecular flexibility index (Phi) is 2.78. The summed E-state index contributed by atoms with van der Waals surface area (Å²) in [5, 5.41) is 8.92. The Hall–Kier alpha value is -0.550. The predicted molar refractivity (Wildman–Crippen MR) is 54.7 cm³/mol. The van der Waals surface area contributed by atoms with Gasteiger partial charge < -0.3 is 4.74 Å². The molecular weight excluding hydrogens is 174 g/mol. The van der Waals surface area contributed by atoms with E-state index in [1.165, 1.54) is 25.7 Å². The van der Waals surface area contributed by atoms with Crippen LogP contribution in [0.2, 0.25) is 0 Å². The smallest absolute Gasteiger partial charge is 0.0808 e. The summed E-state index contributed by atoms with van der Waals surface area (Å²) in [4.78, 5) is 0. The lowest BCUT2D eigenvalue weighted by Crippen LogP contribution is -2.27. The van der Waals surface area contributed by atoms with Gasteiger partial charge in [-0.3, -0.25) is 0 Å². The van der Waals surface area contributed by atoms with Crippen LogP contribution in [0.5, 0.6) is 0 Å². The molecule has 0 aliphatic heterocycles. The Morgan fingerprint density at radius 3 is 2.64 bits per heavy atom. The quantitative estimate of drug-likeness (QED) is 0.690. The second kappa shape index (κ2) is 3.90. The molecule has 2 atom stereocenters. The minimum atomic E-state index is -0.0861. The number of rotatable bonds is 3. The third kappa shape index (κ3) is 2.09. The number of hydrogen-bond acceptors (Lipinski definition) is 2. The van der Waals surface area contributed by atoms with Gasteiger partial charge in [0.15, 0.2) is 0 Å². The zero-order valence-corrected chi connectivity index (χ0v) is 8.96. The molecule has 0 amide bonds. The molecule has 2 fully saturated rings. The standard InChI is InChI=1S/C12H19NO/c1-10-4-2-3-5-11(10)14-9-12(8-13)6-7-12/h10-11H,2-7,9H2,1H3. The highest BCUT2D eigenvalue weighted by atomic mass is 16.5. The first-order valence-corrected chi connectivity index (χ1v) is 5.79. The van der Waals surface area contributed by atoms with E-state index in [1.807, 2.05) is 0 Å². The fourth-order valence-corrected chi connectivity index (χ4v) is 2.24. The fraction of sp³-hybridized carbons (Fsp3) is 0.917. The van der Waals surface area contributed by atoms with Crippen molar-refractivity contribution in [1.29, 1.82) is 5.26 Å². The first-order valence-electron chi connectivity index (χ1n) is 5.79. The Bertz CT molecular complexity index is 239. The molecule has 2 aliphatic carbocycles. The van der Waals surface area contributed by atoms with Gasteiger partial charge >= 0.3 is 0 Å². The lowest BCUT2D eigenvalue weighted by molar-refractivity contribution is -0.0186. The van der Waals surface area contributed by atoms with E-state index in [2.05, 4.69) is 13.0 Å². The molecule has 0 saturated heterocycles. The second-order valence-corrected chi connectivity index (χ2v) is 5.00. The molecular formula is C12H19NO. The van der Waals surface area contributed by atoms with Crippen LogP contribution in [-0.4, -0.2) is 12.7 Å². The van der Waals surface area contributed by atoms with E-state index in [0.29, 0.717) is 18.6 Å². The molecule has 2 saturated carbocycles. The SMILES string of the molecule is CC1CCCCC1OCC1(C#N)CC1. The van der Waals surface area contributed by atoms with E-state index in [1.54, 1.807) is 0 Å². The molecule has 2 unspecified atom stereocenters. The van der Waals surface area contributed by atoms with E-state index in [-0.39, 0.29) is 5.41 Å². The molecule has 0 aromatic heterocycles. The number of nitriles is 1. The molecule has 0 bridgehead atoms. The number of hydrogen-bond donors (Lipinski definition) is 0. The van der Waals surface area contributed by atoms with Gasteiger partial charge in [-0.1, -0.05) is 19.8 Å². The normalized spacial score (nSPS) is 34.9. The second-order valence-electron chi connectivity index (χ2n) is 5.00. The minimum Gasteiger partial charge on any atom is -0.376 e. The van der Waals surface area contributed by atoms with Crippen LogP contribution in [0, 0.1) is 22.7 Å². The third-order valence-electron chi connectivity index (χ3n) is 3.70. The van der Waals surface area contributed by atoms with Crippen LogP contribution in [0.15, 0.2) is 0 Å². The van der Waals surface area contributed by atoms with Crippen LogP contribution in [0.4, 0.5) is 0 Å². The van der Waals surface area contributed by atoms with E-state index in [9.17, 15) is 0 Å². The van der Waals surface area contributed by atoms with Crippen molar-refractivity contribution in [3.8, 4) is 6.07 Å². The molecule has 14 heavy (non-hydrogen) atoms. The summed E-state index contributed by atoms with van der Waals surface area (Å²) < 4.78 is 5.89. The highest BCUT2D eigenvalue weighted by Crippen LogP contribution is 2.45. The van der Waals surface area contributed by atoms with E-state index >= 15 is 0 Å². The lowest BCUT2D eigenvalue weighted by Gasteiger charge is -2.29. The molecule has 2 nitrogen and oxygen atoms in total. The van der Waals surface area contributed by atoms with Crippen LogP contribution in [0.1, 0.15) is 45.4 Å². The third-order valence-corrected chi connectivity index (χ3v) is 3.70. The summed E-state index contributed by atoms with van der Waals surface area (Å²) in [5.41, 5.74) is -0.0861. The Labute approximate surface area is 86.2 Å². The van der Waals surface area contributed by atoms with Crippen molar-refractivity contribution >= 4 is 0 Å². The molecule has 2 aliphatic rings. The van der Waals surface area contributed by atoms with Crippen molar-refractivity contribution < 1.29 is 4.74 Å². The maximum atomic E-state index is 8.92. The van der Waals surface area contributed by atoms with Crippen LogP contribution >= 0.6 is 0 Å². The van der Waals surface area contributed by atoms with Gasteiger partial charge in [0.1, 0.15) is 0 Å². The van der Waals surface area contributed by atoms with Crippen LogP contribution < -0.4 is 0 Å². The summed E-state index contributed by atoms with van der Waals surface area (Å²) >= 11 is 0. The highest BCUT2D eigenvalue weighted by molar-refractivity contribution is 5.09. The van der Waals surface area contributed by atoms with Crippen molar-refractivity contribution in [2.24, 2.45) is 11.3 Å². The maximum Gasteiger partial charge on any atom is 0.0808 e. The van der Waals surface area contributed by atoms with Gasteiger partial charge in [-0.2, -0.15) is 5.26 Å². The van der Waals surface area contributed by atoms with Gasteiger partial charge in [-0.15, -0.1) is 0 Å². The Morgan fingerprint density at radius 2 is 2.07 bits per heavy atom. The molecule has 0 spiro atoms. The predicted octanol–water partition coefficient (Wildman–Crippen LogP) is 2.89. The van der Waals surface area contributed by atoms with Crippen LogP contribution in [0.3, 0.4) is 0 Å². The number of ether oxygens (including phenoxy) is 1. The summed E-state index contributed by atoms with van der Waals surface area (Å²) in [7, 11) is 0. The van der Waals surface area contributed by atoms with Gasteiger partial charge in [0.25, 0.3) is 0 Å². The first-order chi connectivity index (χ1) is 6.76. The maximum absolute atomic E-state index is 8.92. The van der Waals surface area contributed by atoms with Gasteiger partial charge in [-0.25, -0.2) is 0 Å². The minimum absolute atomic E-state index is 0.0861. The Morgan fingerprint density at radius 1 is 1.36 bits per heavy atom. The van der Waals surface area contributed by atoms with E-state index < -0.39 is 0 Å². The van der Waals surface area contributed by atoms with Crippen LogP contribution in [-0.2, 0) is 4.74 Å². The fourth-order valence-electron chi connectivity index (χ4n) is 2.24. The molecule has 2 rings (SSSR count). The Balaban J connectivity index is 1.77. The van der Waals surface area contributed by atoms with Crippen LogP contribution in [0.25, 0.3) is 0 Å². The summed E-state index contributed by atoms with van der Waals surface area (Å²) in [5.74, 6) is 0.693. The molecule has 78 valence electrons. The van der Waals surface area contributed by atoms with Crippen molar-refractivity contribution in [1.82, 2.24) is 0 Å². The molecule has 0 aromatic carbocycles. The van der Waals surface area contributed by atoms with Crippen molar-refractivity contribution in [3.63, 3.8) is 0 Å². The lowest BCUT2D eigenvalue weighted by atomic mass is 9.88. The van der Waals surface area contributed by atoms with Gasteiger partial charge in [0, 0.05) is 0 Å². The van der Waals surface area contributed by atoms with Crippen molar-refractivity contribution in [3.05, 3.63) is 0 Å². The summed E-state index contributed by atoms with van der Waals surface area (Å²) in [6, 6.07) is 2.38. The summed E-state index contributed by atoms with van der Waals surface area (Å²) in [6.07, 6.45) is 7.66. The molecule has 0 N–H and O–H groups in total. The van der Waals surface area contributed by atoms with Gasteiger partial charge in [0.2, 0.25) is 0 Å². The van der Waals surface area contributed by atoms with Crippen molar-refractivity contribution in [2.75, 3.05) is 6.61 Å². The summed E-state index contributed by atoms with van der Waals surface area (Å²) in [6.45, 7) is 2.95. The average Bonchev–Trinajstić information content (AvgIpc) is 2.98. The van der Waals surface area contributed by atoms with Crippen molar-refractivity contribution in [2.45, 2.75) is 51.6 Å².